The number of primary amides is 1. The van der Waals surface area contributed by atoms with Gasteiger partial charge in [0.05, 0.1) is 0 Å². The number of hydrogen-bond acceptors (Lipinski definition) is 1. The van der Waals surface area contributed by atoms with Gasteiger partial charge in [0.25, 0.3) is 0 Å². The molecule has 2 rings (SSSR count). The van der Waals surface area contributed by atoms with Gasteiger partial charge in [-0.3, -0.25) is 0 Å². The van der Waals surface area contributed by atoms with Crippen LogP contribution in [0.2, 0.25) is 0 Å². The van der Waals surface area contributed by atoms with Crippen molar-refractivity contribution in [1.82, 2.24) is 4.90 Å². The monoisotopic (exact) mass is 168 g/mol. The highest BCUT2D eigenvalue weighted by molar-refractivity contribution is 5.73. The third-order valence-electron chi connectivity index (χ3n) is 3.28. The molecule has 1 saturated heterocycles. The average Bonchev–Trinajstić information content (AvgIpc) is 2.01. The van der Waals surface area contributed by atoms with Gasteiger partial charge in [0.15, 0.2) is 0 Å². The minimum atomic E-state index is -0.244. The number of nitrogens with two attached hydrogens (primary N) is 1. The predicted molar refractivity (Wildman–Crippen MR) is 46.7 cm³/mol. The quantitative estimate of drug-likeness (QED) is 0.582. The molecule has 3 nitrogen and oxygen atoms in total. The van der Waals surface area contributed by atoms with Gasteiger partial charge in [-0.05, 0) is 12.8 Å². The Labute approximate surface area is 72.9 Å². The first kappa shape index (κ1) is 7.90. The minimum Gasteiger partial charge on any atom is -0.351 e. The Morgan fingerprint density at radius 2 is 1.75 bits per heavy atom. The highest BCUT2D eigenvalue weighted by Crippen LogP contribution is 2.43. The Balaban J connectivity index is 1.88. The summed E-state index contributed by atoms with van der Waals surface area (Å²) in [5.74, 6) is 0. The first-order chi connectivity index (χ1) is 5.72. The van der Waals surface area contributed by atoms with E-state index in [0.717, 1.165) is 13.1 Å². The lowest BCUT2D eigenvalue weighted by atomic mass is 9.69. The van der Waals surface area contributed by atoms with E-state index in [9.17, 15) is 4.79 Å². The molecule has 1 aliphatic carbocycles. The Kier molecular flexibility index (Phi) is 1.74. The van der Waals surface area contributed by atoms with Gasteiger partial charge in [-0.2, -0.15) is 0 Å². The van der Waals surface area contributed by atoms with Crippen LogP contribution in [0.3, 0.4) is 0 Å². The van der Waals surface area contributed by atoms with Crippen LogP contribution in [-0.4, -0.2) is 24.0 Å². The summed E-state index contributed by atoms with van der Waals surface area (Å²) in [5, 5.41) is 0. The lowest BCUT2D eigenvalue weighted by molar-refractivity contribution is 0.00371. The summed E-state index contributed by atoms with van der Waals surface area (Å²) in [5.41, 5.74) is 5.65. The second kappa shape index (κ2) is 2.64. The van der Waals surface area contributed by atoms with E-state index in [1.54, 1.807) is 4.90 Å². The van der Waals surface area contributed by atoms with Gasteiger partial charge < -0.3 is 10.6 Å². The average molecular weight is 168 g/mol. The number of nitrogens with zero attached hydrogens (tertiary/aromatic N) is 1. The van der Waals surface area contributed by atoms with Gasteiger partial charge in [0, 0.05) is 18.5 Å². The van der Waals surface area contributed by atoms with E-state index in [-0.39, 0.29) is 6.03 Å². The van der Waals surface area contributed by atoms with Gasteiger partial charge in [-0.25, -0.2) is 4.79 Å². The molecule has 68 valence electrons. The summed E-state index contributed by atoms with van der Waals surface area (Å²) in [6.07, 6.45) is 6.66. The van der Waals surface area contributed by atoms with Crippen molar-refractivity contribution in [2.45, 2.75) is 32.1 Å². The minimum absolute atomic E-state index is 0.244. The molecule has 0 unspecified atom stereocenters. The van der Waals surface area contributed by atoms with Crippen molar-refractivity contribution in [1.29, 1.82) is 0 Å². The van der Waals surface area contributed by atoms with Gasteiger partial charge in [0.2, 0.25) is 0 Å². The largest absolute Gasteiger partial charge is 0.351 e. The highest BCUT2D eigenvalue weighted by Gasteiger charge is 2.44. The number of rotatable bonds is 0. The summed E-state index contributed by atoms with van der Waals surface area (Å²) in [4.78, 5) is 12.5. The molecule has 0 atom stereocenters. The van der Waals surface area contributed by atoms with Crippen LogP contribution in [0.25, 0.3) is 0 Å². The summed E-state index contributed by atoms with van der Waals surface area (Å²) in [6.45, 7) is 1.84. The molecular formula is C9H16N2O. The van der Waals surface area contributed by atoms with E-state index >= 15 is 0 Å². The van der Waals surface area contributed by atoms with Gasteiger partial charge in [0.1, 0.15) is 0 Å². The third-order valence-corrected chi connectivity index (χ3v) is 3.28. The number of urea groups is 1. The molecule has 1 aliphatic heterocycles. The Bertz CT molecular complexity index is 189. The number of hydrogen-bond donors (Lipinski definition) is 1. The normalized spacial score (nSPS) is 26.8. The van der Waals surface area contributed by atoms with Crippen molar-refractivity contribution >= 4 is 6.03 Å². The maximum Gasteiger partial charge on any atom is 0.314 e. The van der Waals surface area contributed by atoms with Crippen LogP contribution in [-0.2, 0) is 0 Å². The smallest absolute Gasteiger partial charge is 0.314 e. The second-order valence-electron chi connectivity index (χ2n) is 4.25. The molecule has 1 spiro atoms. The summed E-state index contributed by atoms with van der Waals surface area (Å²) >= 11 is 0. The van der Waals surface area contributed by atoms with Crippen LogP contribution in [0.5, 0.6) is 0 Å². The Morgan fingerprint density at radius 1 is 1.17 bits per heavy atom. The van der Waals surface area contributed by atoms with E-state index in [1.165, 1.54) is 32.1 Å². The SMILES string of the molecule is NC(=O)N1CC2(CCCCC2)C1. The van der Waals surface area contributed by atoms with Crippen LogP contribution in [0, 0.1) is 5.41 Å². The molecular weight excluding hydrogens is 152 g/mol. The molecule has 1 saturated carbocycles. The number of likely N-dealkylation sites (tertiary alicyclic amines) is 1. The molecule has 3 heteroatoms. The first-order valence-corrected chi connectivity index (χ1v) is 4.76. The van der Waals surface area contributed by atoms with Gasteiger partial charge in [-0.1, -0.05) is 19.3 Å². The molecule has 0 radical (unpaired) electrons. The van der Waals surface area contributed by atoms with Crippen LogP contribution >= 0.6 is 0 Å². The van der Waals surface area contributed by atoms with Crippen molar-refractivity contribution in [3.8, 4) is 0 Å². The van der Waals surface area contributed by atoms with Gasteiger partial charge in [-0.15, -0.1) is 0 Å². The van der Waals surface area contributed by atoms with E-state index in [4.69, 9.17) is 5.73 Å². The number of carbonyl (C=O) groups is 1. The topological polar surface area (TPSA) is 46.3 Å². The van der Waals surface area contributed by atoms with Crippen molar-refractivity contribution in [3.05, 3.63) is 0 Å². The molecule has 2 aliphatic rings. The Morgan fingerprint density at radius 3 is 2.25 bits per heavy atom. The standard InChI is InChI=1S/C9H16N2O/c10-8(12)11-6-9(7-11)4-2-1-3-5-9/h1-7H2,(H2,10,12). The second-order valence-corrected chi connectivity index (χ2v) is 4.25. The van der Waals surface area contributed by atoms with E-state index in [0.29, 0.717) is 5.41 Å². The zero-order chi connectivity index (χ0) is 8.60. The molecule has 0 aromatic carbocycles. The van der Waals surface area contributed by atoms with Crippen molar-refractivity contribution in [3.63, 3.8) is 0 Å². The maximum atomic E-state index is 10.8. The molecule has 0 bridgehead atoms. The fourth-order valence-corrected chi connectivity index (χ4v) is 2.54. The molecule has 2 fully saturated rings. The third kappa shape index (κ3) is 1.17. The molecule has 2 amide bonds. The Hall–Kier alpha value is -0.730. The van der Waals surface area contributed by atoms with Crippen molar-refractivity contribution < 1.29 is 4.79 Å². The van der Waals surface area contributed by atoms with E-state index < -0.39 is 0 Å². The highest BCUT2D eigenvalue weighted by atomic mass is 16.2. The van der Waals surface area contributed by atoms with Crippen LogP contribution in [0.4, 0.5) is 4.79 Å². The fraction of sp³-hybridized carbons (Fsp3) is 0.889. The van der Waals surface area contributed by atoms with Crippen molar-refractivity contribution in [2.75, 3.05) is 13.1 Å². The van der Waals surface area contributed by atoms with E-state index in [2.05, 4.69) is 0 Å². The van der Waals surface area contributed by atoms with E-state index in [1.807, 2.05) is 0 Å². The molecule has 2 N–H and O–H groups in total. The van der Waals surface area contributed by atoms with Crippen LogP contribution in [0.15, 0.2) is 0 Å². The fourth-order valence-electron chi connectivity index (χ4n) is 2.54. The number of carbonyl (C=O) groups excluding carboxylic acids is 1. The summed E-state index contributed by atoms with van der Waals surface area (Å²) in [7, 11) is 0. The molecule has 12 heavy (non-hydrogen) atoms. The zero-order valence-corrected chi connectivity index (χ0v) is 7.38. The van der Waals surface area contributed by atoms with Crippen molar-refractivity contribution in [2.24, 2.45) is 11.1 Å². The van der Waals surface area contributed by atoms with Crippen LogP contribution < -0.4 is 5.73 Å². The first-order valence-electron chi connectivity index (χ1n) is 4.76. The van der Waals surface area contributed by atoms with Gasteiger partial charge >= 0.3 is 6.03 Å². The molecule has 0 aromatic heterocycles. The molecule has 0 aromatic rings. The summed E-state index contributed by atoms with van der Waals surface area (Å²) < 4.78 is 0. The molecule has 1 heterocycles. The summed E-state index contributed by atoms with van der Waals surface area (Å²) in [6, 6.07) is -0.244. The zero-order valence-electron chi connectivity index (χ0n) is 7.38. The lowest BCUT2D eigenvalue weighted by Crippen LogP contribution is -2.60. The predicted octanol–water partition coefficient (Wildman–Crippen LogP) is 1.33. The lowest BCUT2D eigenvalue weighted by Gasteiger charge is -2.51. The maximum absolute atomic E-state index is 10.8. The van der Waals surface area contributed by atoms with Crippen LogP contribution in [0.1, 0.15) is 32.1 Å². The number of amides is 2.